The van der Waals surface area contributed by atoms with Gasteiger partial charge < -0.3 is 9.80 Å². The minimum Gasteiger partial charge on any atom is -0.338 e. The number of likely N-dealkylation sites (tertiary alicyclic amines) is 2. The third-order valence-electron chi connectivity index (χ3n) is 6.10. The van der Waals surface area contributed by atoms with Crippen LogP contribution in [0.15, 0.2) is 47.6 Å². The van der Waals surface area contributed by atoms with Crippen LogP contribution >= 0.6 is 0 Å². The summed E-state index contributed by atoms with van der Waals surface area (Å²) in [5.74, 6) is -0.107. The molecule has 2 aliphatic heterocycles. The maximum Gasteiger partial charge on any atom is 0.241 e. The second kappa shape index (κ2) is 8.49. The summed E-state index contributed by atoms with van der Waals surface area (Å²) < 4.78 is 30.1. The average molecular weight is 432 g/mol. The molecule has 1 aromatic heterocycles. The molecule has 2 saturated heterocycles. The Kier molecular flexibility index (Phi) is 5.95. The fourth-order valence-electron chi connectivity index (χ4n) is 4.36. The molecule has 4 rings (SSSR count). The molecule has 1 aromatic carbocycles. The highest BCUT2D eigenvalue weighted by molar-refractivity contribution is 7.89. The molecule has 1 amide bonds. The van der Waals surface area contributed by atoms with E-state index in [2.05, 4.69) is 28.6 Å². The average Bonchev–Trinajstić information content (AvgIpc) is 3.39. The number of aromatic nitrogens is 2. The Morgan fingerprint density at radius 2 is 1.87 bits per heavy atom. The normalized spacial score (nSPS) is 21.6. The SMILES string of the molecule is CC(C)N1CCC(N2CCC(NS(=O)(=O)c3cccc(-n4cccn4)c3)C2=O)CC1. The molecule has 2 aliphatic rings. The largest absolute Gasteiger partial charge is 0.338 e. The molecule has 2 aromatic rings. The lowest BCUT2D eigenvalue weighted by molar-refractivity contribution is -0.131. The van der Waals surface area contributed by atoms with Gasteiger partial charge in [0, 0.05) is 44.1 Å². The van der Waals surface area contributed by atoms with Crippen LogP contribution in [0.3, 0.4) is 0 Å². The molecule has 1 unspecified atom stereocenters. The van der Waals surface area contributed by atoms with Gasteiger partial charge in [-0.05, 0) is 57.4 Å². The van der Waals surface area contributed by atoms with E-state index in [4.69, 9.17) is 0 Å². The molecule has 1 N–H and O–H groups in total. The number of carbonyl (C=O) groups is 1. The van der Waals surface area contributed by atoms with Gasteiger partial charge in [0.15, 0.2) is 0 Å². The number of sulfonamides is 1. The lowest BCUT2D eigenvalue weighted by Gasteiger charge is -2.38. The topological polar surface area (TPSA) is 87.5 Å². The van der Waals surface area contributed by atoms with Gasteiger partial charge in [0.2, 0.25) is 15.9 Å². The first-order valence-corrected chi connectivity index (χ1v) is 12.0. The van der Waals surface area contributed by atoms with Crippen molar-refractivity contribution in [3.63, 3.8) is 0 Å². The van der Waals surface area contributed by atoms with E-state index in [1.807, 2.05) is 4.90 Å². The van der Waals surface area contributed by atoms with Crippen molar-refractivity contribution in [2.75, 3.05) is 19.6 Å². The van der Waals surface area contributed by atoms with Crippen LogP contribution in [-0.4, -0.2) is 71.7 Å². The third-order valence-corrected chi connectivity index (χ3v) is 7.57. The number of rotatable bonds is 6. The molecule has 162 valence electrons. The van der Waals surface area contributed by atoms with Crippen LogP contribution in [0.5, 0.6) is 0 Å². The van der Waals surface area contributed by atoms with Gasteiger partial charge >= 0.3 is 0 Å². The van der Waals surface area contributed by atoms with E-state index in [9.17, 15) is 13.2 Å². The predicted octanol–water partition coefficient (Wildman–Crippen LogP) is 1.62. The first-order chi connectivity index (χ1) is 14.3. The summed E-state index contributed by atoms with van der Waals surface area (Å²) in [6.45, 7) is 6.93. The molecule has 30 heavy (non-hydrogen) atoms. The lowest BCUT2D eigenvalue weighted by atomic mass is 10.0. The van der Waals surface area contributed by atoms with Crippen LogP contribution < -0.4 is 4.72 Å². The fraction of sp³-hybridized carbons (Fsp3) is 0.524. The van der Waals surface area contributed by atoms with Crippen molar-refractivity contribution in [1.29, 1.82) is 0 Å². The molecule has 2 fully saturated rings. The van der Waals surface area contributed by atoms with Crippen molar-refractivity contribution < 1.29 is 13.2 Å². The molecular formula is C21H29N5O3S. The van der Waals surface area contributed by atoms with Gasteiger partial charge in [0.25, 0.3) is 0 Å². The predicted molar refractivity (Wildman–Crippen MR) is 114 cm³/mol. The third kappa shape index (κ3) is 4.28. The Labute approximate surface area is 177 Å². The van der Waals surface area contributed by atoms with Crippen LogP contribution in [0.4, 0.5) is 0 Å². The Morgan fingerprint density at radius 1 is 1.10 bits per heavy atom. The minimum atomic E-state index is -3.81. The minimum absolute atomic E-state index is 0.107. The lowest BCUT2D eigenvalue weighted by Crippen LogP contribution is -2.49. The van der Waals surface area contributed by atoms with Crippen molar-refractivity contribution in [3.05, 3.63) is 42.7 Å². The summed E-state index contributed by atoms with van der Waals surface area (Å²) in [7, 11) is -3.81. The number of hydrogen-bond donors (Lipinski definition) is 1. The number of amides is 1. The van der Waals surface area contributed by atoms with Gasteiger partial charge in [-0.1, -0.05) is 6.07 Å². The molecule has 0 saturated carbocycles. The number of benzene rings is 1. The van der Waals surface area contributed by atoms with Crippen molar-refractivity contribution in [2.24, 2.45) is 0 Å². The summed E-state index contributed by atoms with van der Waals surface area (Å²) in [6, 6.07) is 8.35. The summed E-state index contributed by atoms with van der Waals surface area (Å²) in [4.78, 5) is 17.4. The van der Waals surface area contributed by atoms with E-state index in [1.54, 1.807) is 41.3 Å². The van der Waals surface area contributed by atoms with Crippen molar-refractivity contribution in [2.45, 2.75) is 56.1 Å². The monoisotopic (exact) mass is 431 g/mol. The van der Waals surface area contributed by atoms with Gasteiger partial charge in [-0.3, -0.25) is 4.79 Å². The number of hydrogen-bond acceptors (Lipinski definition) is 5. The van der Waals surface area contributed by atoms with Gasteiger partial charge in [0.05, 0.1) is 10.6 Å². The van der Waals surface area contributed by atoms with E-state index < -0.39 is 16.1 Å². The zero-order valence-electron chi connectivity index (χ0n) is 17.4. The van der Waals surface area contributed by atoms with Crippen molar-refractivity contribution in [3.8, 4) is 5.69 Å². The van der Waals surface area contributed by atoms with E-state index in [1.165, 1.54) is 6.07 Å². The van der Waals surface area contributed by atoms with E-state index >= 15 is 0 Å². The zero-order valence-corrected chi connectivity index (χ0v) is 18.3. The van der Waals surface area contributed by atoms with Gasteiger partial charge in [-0.15, -0.1) is 0 Å². The Bertz CT molecular complexity index is 982. The highest BCUT2D eigenvalue weighted by atomic mass is 32.2. The van der Waals surface area contributed by atoms with E-state index in [-0.39, 0.29) is 16.8 Å². The second-order valence-electron chi connectivity index (χ2n) is 8.30. The van der Waals surface area contributed by atoms with Crippen LogP contribution in [0.2, 0.25) is 0 Å². The van der Waals surface area contributed by atoms with E-state index in [0.29, 0.717) is 24.7 Å². The Balaban J connectivity index is 1.42. The maximum atomic E-state index is 13.0. The van der Waals surface area contributed by atoms with E-state index in [0.717, 1.165) is 25.9 Å². The van der Waals surface area contributed by atoms with Crippen molar-refractivity contribution in [1.82, 2.24) is 24.3 Å². The van der Waals surface area contributed by atoms with Crippen LogP contribution in [0.1, 0.15) is 33.1 Å². The fourth-order valence-corrected chi connectivity index (χ4v) is 5.62. The number of piperidine rings is 1. The number of nitrogens with one attached hydrogen (secondary N) is 1. The number of carbonyl (C=O) groups excluding carboxylic acids is 1. The van der Waals surface area contributed by atoms with Crippen LogP contribution in [-0.2, 0) is 14.8 Å². The van der Waals surface area contributed by atoms with Crippen molar-refractivity contribution >= 4 is 15.9 Å². The first-order valence-electron chi connectivity index (χ1n) is 10.5. The molecule has 0 radical (unpaired) electrons. The zero-order chi connectivity index (χ0) is 21.3. The molecule has 3 heterocycles. The quantitative estimate of drug-likeness (QED) is 0.751. The molecule has 0 aliphatic carbocycles. The molecule has 9 heteroatoms. The van der Waals surface area contributed by atoms with Gasteiger partial charge in [0.1, 0.15) is 6.04 Å². The van der Waals surface area contributed by atoms with Crippen LogP contribution in [0.25, 0.3) is 5.69 Å². The molecule has 1 atom stereocenters. The summed E-state index contributed by atoms with van der Waals surface area (Å²) in [5, 5.41) is 4.14. The highest BCUT2D eigenvalue weighted by Gasteiger charge is 2.39. The maximum absolute atomic E-state index is 13.0. The molecular weight excluding hydrogens is 402 g/mol. The first kappa shape index (κ1) is 21.0. The number of nitrogens with zero attached hydrogens (tertiary/aromatic N) is 4. The molecule has 8 nitrogen and oxygen atoms in total. The standard InChI is InChI=1S/C21H29N5O3S/c1-16(2)24-12-7-17(8-13-24)25-14-9-20(21(25)27)23-30(28,29)19-6-3-5-18(15-19)26-11-4-10-22-26/h3-6,10-11,15-17,20,23H,7-9,12-14H2,1-2H3. The summed E-state index contributed by atoms with van der Waals surface area (Å²) >= 11 is 0. The summed E-state index contributed by atoms with van der Waals surface area (Å²) in [6.07, 6.45) is 5.77. The Morgan fingerprint density at radius 3 is 2.53 bits per heavy atom. The van der Waals surface area contributed by atoms with Gasteiger partial charge in [-0.2, -0.15) is 9.82 Å². The smallest absolute Gasteiger partial charge is 0.241 e. The highest BCUT2D eigenvalue weighted by Crippen LogP contribution is 2.24. The van der Waals surface area contributed by atoms with Gasteiger partial charge in [-0.25, -0.2) is 13.1 Å². The molecule has 0 spiro atoms. The molecule has 0 bridgehead atoms. The Hall–Kier alpha value is -2.23. The van der Waals surface area contributed by atoms with Crippen LogP contribution in [0, 0.1) is 0 Å². The second-order valence-corrected chi connectivity index (χ2v) is 10.0. The summed E-state index contributed by atoms with van der Waals surface area (Å²) in [5.41, 5.74) is 0.652.